The number of aliphatic hydroxyl groups is 8. The van der Waals surface area contributed by atoms with Crippen molar-refractivity contribution < 1.29 is 64.6 Å². The van der Waals surface area contributed by atoms with Gasteiger partial charge in [0.25, 0.3) is 0 Å². The highest BCUT2D eigenvalue weighted by Gasteiger charge is 2.50. The van der Waals surface area contributed by atoms with Crippen molar-refractivity contribution in [2.75, 3.05) is 19.8 Å². The smallest absolute Gasteiger partial charge is 0.220 e. The number of carbonyl (C=O) groups is 1. The monoisotopic (exact) mass is 707 g/mol. The molecule has 0 bridgehead atoms. The molecule has 2 heterocycles. The lowest BCUT2D eigenvalue weighted by Crippen LogP contribution is -2.65. The van der Waals surface area contributed by atoms with Crippen LogP contribution < -0.4 is 5.32 Å². The Morgan fingerprint density at radius 3 is 1.86 bits per heavy atom. The topological polar surface area (TPSA) is 228 Å². The van der Waals surface area contributed by atoms with Crippen LogP contribution in [0, 0.1) is 0 Å². The van der Waals surface area contributed by atoms with Gasteiger partial charge in [-0.2, -0.15) is 0 Å². The van der Waals surface area contributed by atoms with Crippen molar-refractivity contribution in [3.8, 4) is 0 Å². The van der Waals surface area contributed by atoms with E-state index in [9.17, 15) is 45.6 Å². The van der Waals surface area contributed by atoms with Gasteiger partial charge < -0.3 is 65.1 Å². The maximum Gasteiger partial charge on any atom is 0.220 e. The van der Waals surface area contributed by atoms with Crippen LogP contribution in [0.2, 0.25) is 0 Å². The Morgan fingerprint density at radius 2 is 1.27 bits per heavy atom. The van der Waals surface area contributed by atoms with Gasteiger partial charge in [-0.1, -0.05) is 103 Å². The van der Waals surface area contributed by atoms with E-state index >= 15 is 0 Å². The van der Waals surface area contributed by atoms with Gasteiger partial charge in [0, 0.05) is 6.42 Å². The molecule has 0 radical (unpaired) electrons. The van der Waals surface area contributed by atoms with Gasteiger partial charge >= 0.3 is 0 Å². The Balaban J connectivity index is 1.92. The second-order valence-corrected chi connectivity index (χ2v) is 13.4. The van der Waals surface area contributed by atoms with Crippen molar-refractivity contribution >= 4 is 5.91 Å². The number of aliphatic hydroxyl groups excluding tert-OH is 8. The third kappa shape index (κ3) is 15.1. The molecule has 0 spiro atoms. The van der Waals surface area contributed by atoms with Crippen molar-refractivity contribution in [1.29, 1.82) is 0 Å². The molecule has 2 saturated heterocycles. The highest BCUT2D eigenvalue weighted by Crippen LogP contribution is 2.29. The predicted octanol–water partition coefficient (Wildman–Crippen LogP) is 0.920. The van der Waals surface area contributed by atoms with E-state index in [1.54, 1.807) is 6.08 Å². The molecular weight excluding hydrogens is 642 g/mol. The zero-order valence-electron chi connectivity index (χ0n) is 29.4. The molecule has 0 aromatic heterocycles. The van der Waals surface area contributed by atoms with Gasteiger partial charge in [0.05, 0.1) is 32.0 Å². The van der Waals surface area contributed by atoms with Gasteiger partial charge in [0.2, 0.25) is 5.91 Å². The van der Waals surface area contributed by atoms with Crippen LogP contribution in [0.25, 0.3) is 0 Å². The summed E-state index contributed by atoms with van der Waals surface area (Å²) in [6, 6.07) is -0.901. The average Bonchev–Trinajstić information content (AvgIpc) is 3.09. The molecule has 0 aromatic rings. The van der Waals surface area contributed by atoms with E-state index in [4.69, 9.17) is 18.9 Å². The minimum atomic E-state index is -1.78. The minimum absolute atomic E-state index is 0.253. The molecule has 9 N–H and O–H groups in total. The average molecular weight is 708 g/mol. The molecule has 14 heteroatoms. The first kappa shape index (κ1) is 43.9. The van der Waals surface area contributed by atoms with E-state index in [0.717, 1.165) is 38.5 Å². The lowest BCUT2D eigenvalue weighted by Gasteiger charge is -2.46. The number of amides is 1. The molecule has 2 aliphatic heterocycles. The summed E-state index contributed by atoms with van der Waals surface area (Å²) in [5.74, 6) is -0.253. The van der Waals surface area contributed by atoms with Crippen LogP contribution in [0.1, 0.15) is 110 Å². The highest BCUT2D eigenvalue weighted by molar-refractivity contribution is 5.76. The maximum absolute atomic E-state index is 12.9. The number of allylic oxidation sites excluding steroid dienone is 1. The second kappa shape index (κ2) is 24.8. The highest BCUT2D eigenvalue weighted by atomic mass is 16.7. The fourth-order valence-electron chi connectivity index (χ4n) is 6.04. The summed E-state index contributed by atoms with van der Waals surface area (Å²) in [4.78, 5) is 12.9. The van der Waals surface area contributed by atoms with Crippen molar-refractivity contribution in [1.82, 2.24) is 5.32 Å². The van der Waals surface area contributed by atoms with Gasteiger partial charge in [-0.25, -0.2) is 0 Å². The van der Waals surface area contributed by atoms with Crippen LogP contribution in [-0.4, -0.2) is 140 Å². The number of ether oxygens (including phenoxy) is 4. The van der Waals surface area contributed by atoms with Crippen LogP contribution >= 0.6 is 0 Å². The molecule has 2 aliphatic rings. The number of rotatable bonds is 25. The first-order chi connectivity index (χ1) is 23.6. The first-order valence-corrected chi connectivity index (χ1v) is 18.4. The summed E-state index contributed by atoms with van der Waals surface area (Å²) in [6.45, 7) is 2.56. The number of hydrogen-bond acceptors (Lipinski definition) is 13. The molecule has 0 saturated carbocycles. The van der Waals surface area contributed by atoms with E-state index in [2.05, 4.69) is 19.2 Å². The first-order valence-electron chi connectivity index (χ1n) is 18.4. The largest absolute Gasteiger partial charge is 0.394 e. The third-order valence-corrected chi connectivity index (χ3v) is 9.22. The van der Waals surface area contributed by atoms with Crippen LogP contribution in [0.15, 0.2) is 12.2 Å². The van der Waals surface area contributed by atoms with E-state index in [1.807, 2.05) is 6.08 Å². The molecular formula is C35H65NO13. The Labute approximate surface area is 291 Å². The molecule has 12 unspecified atom stereocenters. The number of hydrogen-bond donors (Lipinski definition) is 9. The summed E-state index contributed by atoms with van der Waals surface area (Å²) >= 11 is 0. The summed E-state index contributed by atoms with van der Waals surface area (Å²) in [5.41, 5.74) is 0. The summed E-state index contributed by atoms with van der Waals surface area (Å²) < 4.78 is 22.4. The van der Waals surface area contributed by atoms with Gasteiger partial charge in [-0.3, -0.25) is 4.79 Å². The zero-order chi connectivity index (χ0) is 36.2. The van der Waals surface area contributed by atoms with Crippen LogP contribution in [0.4, 0.5) is 0 Å². The molecule has 12 atom stereocenters. The molecule has 2 fully saturated rings. The summed E-state index contributed by atoms with van der Waals surface area (Å²) in [7, 11) is 0. The van der Waals surface area contributed by atoms with Crippen molar-refractivity contribution in [2.45, 2.75) is 184 Å². The van der Waals surface area contributed by atoms with Crippen molar-refractivity contribution in [2.24, 2.45) is 0 Å². The Morgan fingerprint density at radius 1 is 0.714 bits per heavy atom. The van der Waals surface area contributed by atoms with E-state index in [0.29, 0.717) is 6.42 Å². The number of unbranched alkanes of at least 4 members (excludes halogenated alkanes) is 12. The molecule has 14 nitrogen and oxygen atoms in total. The fourth-order valence-corrected chi connectivity index (χ4v) is 6.04. The fraction of sp³-hybridized carbons (Fsp3) is 0.914. The predicted molar refractivity (Wildman–Crippen MR) is 180 cm³/mol. The third-order valence-electron chi connectivity index (χ3n) is 9.22. The van der Waals surface area contributed by atoms with Crippen LogP contribution in [0.3, 0.4) is 0 Å². The molecule has 0 aliphatic carbocycles. The van der Waals surface area contributed by atoms with Gasteiger partial charge in [-0.05, 0) is 12.8 Å². The zero-order valence-corrected chi connectivity index (χ0v) is 29.4. The van der Waals surface area contributed by atoms with E-state index in [1.165, 1.54) is 44.9 Å². The van der Waals surface area contributed by atoms with Gasteiger partial charge in [-0.15, -0.1) is 0 Å². The molecule has 1 amide bonds. The summed E-state index contributed by atoms with van der Waals surface area (Å²) in [5, 5.41) is 85.4. The number of carbonyl (C=O) groups excluding carboxylic acids is 1. The van der Waals surface area contributed by atoms with Crippen LogP contribution in [-0.2, 0) is 23.7 Å². The molecule has 0 aromatic carbocycles. The molecule has 288 valence electrons. The quantitative estimate of drug-likeness (QED) is 0.0476. The molecule has 49 heavy (non-hydrogen) atoms. The van der Waals surface area contributed by atoms with Crippen LogP contribution in [0.5, 0.6) is 0 Å². The lowest BCUT2D eigenvalue weighted by molar-refractivity contribution is -0.359. The SMILES string of the molecule is CCCC/C=C/C(O)C(COC1OC(CO)C(OC2OC(CO)C(O)C(O)C2O)C(O)C1O)NC(=O)CCCCCCCCCCCCC. The Bertz CT molecular complexity index is 894. The van der Waals surface area contributed by atoms with Crippen molar-refractivity contribution in [3.05, 3.63) is 12.2 Å². The van der Waals surface area contributed by atoms with E-state index < -0.39 is 86.8 Å². The lowest BCUT2D eigenvalue weighted by atomic mass is 9.97. The second-order valence-electron chi connectivity index (χ2n) is 13.4. The van der Waals surface area contributed by atoms with Gasteiger partial charge in [0.1, 0.15) is 48.8 Å². The maximum atomic E-state index is 12.9. The van der Waals surface area contributed by atoms with Crippen molar-refractivity contribution in [3.63, 3.8) is 0 Å². The Kier molecular flexibility index (Phi) is 22.2. The Hall–Kier alpha value is -1.27. The van der Waals surface area contributed by atoms with Gasteiger partial charge in [0.15, 0.2) is 12.6 Å². The number of nitrogens with one attached hydrogen (secondary N) is 1. The van der Waals surface area contributed by atoms with E-state index in [-0.39, 0.29) is 18.9 Å². The molecule has 2 rings (SSSR count). The summed E-state index contributed by atoms with van der Waals surface area (Å²) in [6.07, 6.45) is 2.16. The normalized spacial score (nSPS) is 32.0. The minimum Gasteiger partial charge on any atom is -0.394 e. The standard InChI is InChI=1S/C35H65NO13/c1-3-5-7-9-10-11-12-13-14-15-17-19-27(40)36-23(24(39)18-16-8-6-4-2)22-46-34-32(45)30(43)33(26(21-38)48-34)49-35-31(44)29(42)28(41)25(20-37)47-35/h16,18,23-26,28-35,37-39,41-45H,3-15,17,19-22H2,1-2H3,(H,36,40)/b18-16+.